The minimum Gasteiger partial charge on any atom is -0.297 e. The third-order valence-corrected chi connectivity index (χ3v) is 4.64. The highest BCUT2D eigenvalue weighted by molar-refractivity contribution is 7.80. The number of nitrogens with zero attached hydrogens (tertiary/aromatic N) is 1. The van der Waals surface area contributed by atoms with Crippen molar-refractivity contribution in [3.05, 3.63) is 34.7 Å². The quantitative estimate of drug-likeness (QED) is 0.800. The van der Waals surface area contributed by atoms with Crippen molar-refractivity contribution in [2.75, 3.05) is 18.8 Å². The zero-order valence-corrected chi connectivity index (χ0v) is 10.9. The minimum atomic E-state index is 0.959. The van der Waals surface area contributed by atoms with E-state index in [0.717, 1.165) is 18.8 Å². The SMILES string of the molecule is SCCN1CCc2c(sc3ccccc23)C1. The molecule has 3 heteroatoms. The number of hydrogen-bond donors (Lipinski definition) is 1. The van der Waals surface area contributed by atoms with E-state index in [1.165, 1.54) is 23.1 Å². The first-order valence-corrected chi connectivity index (χ1v) is 7.16. The van der Waals surface area contributed by atoms with E-state index in [4.69, 9.17) is 0 Å². The van der Waals surface area contributed by atoms with Gasteiger partial charge in [-0.15, -0.1) is 11.3 Å². The van der Waals surface area contributed by atoms with Crippen molar-refractivity contribution in [2.24, 2.45) is 0 Å². The number of fused-ring (bicyclic) bond motifs is 3. The molecular weight excluding hydrogens is 234 g/mol. The summed E-state index contributed by atoms with van der Waals surface area (Å²) in [5.74, 6) is 0.959. The molecule has 1 nitrogen and oxygen atoms in total. The zero-order chi connectivity index (χ0) is 11.0. The predicted molar refractivity (Wildman–Crippen MR) is 74.7 cm³/mol. The Bertz CT molecular complexity index is 504. The predicted octanol–water partition coefficient (Wildman–Crippen LogP) is 3.19. The monoisotopic (exact) mass is 249 g/mol. The summed E-state index contributed by atoms with van der Waals surface area (Å²) in [5.41, 5.74) is 1.59. The molecular formula is C13H15NS2. The molecule has 0 radical (unpaired) electrons. The van der Waals surface area contributed by atoms with Crippen molar-refractivity contribution in [3.63, 3.8) is 0 Å². The van der Waals surface area contributed by atoms with Crippen molar-refractivity contribution < 1.29 is 0 Å². The van der Waals surface area contributed by atoms with Crippen LogP contribution >= 0.6 is 24.0 Å². The Balaban J connectivity index is 1.99. The summed E-state index contributed by atoms with van der Waals surface area (Å²) in [4.78, 5) is 4.07. The highest BCUT2D eigenvalue weighted by Crippen LogP contribution is 2.34. The maximum absolute atomic E-state index is 4.31. The highest BCUT2D eigenvalue weighted by atomic mass is 32.1. The summed E-state index contributed by atoms with van der Waals surface area (Å²) >= 11 is 6.28. The van der Waals surface area contributed by atoms with Crippen LogP contribution in [0.2, 0.25) is 0 Å². The molecule has 84 valence electrons. The van der Waals surface area contributed by atoms with Crippen LogP contribution in [-0.2, 0) is 13.0 Å². The Morgan fingerprint density at radius 1 is 1.31 bits per heavy atom. The van der Waals surface area contributed by atoms with E-state index in [2.05, 4.69) is 41.8 Å². The summed E-state index contributed by atoms with van der Waals surface area (Å²) in [7, 11) is 0. The Morgan fingerprint density at radius 2 is 2.19 bits per heavy atom. The van der Waals surface area contributed by atoms with Gasteiger partial charge in [-0.2, -0.15) is 12.6 Å². The smallest absolute Gasteiger partial charge is 0.0349 e. The van der Waals surface area contributed by atoms with E-state index in [9.17, 15) is 0 Å². The van der Waals surface area contributed by atoms with Crippen molar-refractivity contribution >= 4 is 34.1 Å². The van der Waals surface area contributed by atoms with E-state index in [1.807, 2.05) is 11.3 Å². The van der Waals surface area contributed by atoms with Crippen molar-refractivity contribution in [2.45, 2.75) is 13.0 Å². The summed E-state index contributed by atoms with van der Waals surface area (Å²) < 4.78 is 1.44. The van der Waals surface area contributed by atoms with Gasteiger partial charge in [0.25, 0.3) is 0 Å². The molecule has 0 N–H and O–H groups in total. The van der Waals surface area contributed by atoms with E-state index in [0.29, 0.717) is 0 Å². The Kier molecular flexibility index (Phi) is 2.92. The number of rotatable bonds is 2. The van der Waals surface area contributed by atoms with Crippen LogP contribution in [0.4, 0.5) is 0 Å². The lowest BCUT2D eigenvalue weighted by molar-refractivity contribution is 0.275. The fraction of sp³-hybridized carbons (Fsp3) is 0.385. The molecule has 2 heterocycles. The summed E-state index contributed by atoms with van der Waals surface area (Å²) in [6.07, 6.45) is 1.20. The minimum absolute atomic E-state index is 0.959. The van der Waals surface area contributed by atoms with Gasteiger partial charge in [0, 0.05) is 35.0 Å². The normalized spacial score (nSPS) is 16.6. The third-order valence-electron chi connectivity index (χ3n) is 3.24. The first-order valence-electron chi connectivity index (χ1n) is 5.71. The van der Waals surface area contributed by atoms with Gasteiger partial charge in [-0.1, -0.05) is 18.2 Å². The molecule has 1 aromatic carbocycles. The molecule has 0 saturated heterocycles. The second-order valence-electron chi connectivity index (χ2n) is 4.25. The molecule has 1 aliphatic heterocycles. The van der Waals surface area contributed by atoms with Gasteiger partial charge in [0.15, 0.2) is 0 Å². The lowest BCUT2D eigenvalue weighted by Crippen LogP contribution is -2.31. The van der Waals surface area contributed by atoms with E-state index >= 15 is 0 Å². The fourth-order valence-electron chi connectivity index (χ4n) is 2.44. The van der Waals surface area contributed by atoms with Crippen molar-refractivity contribution in [1.29, 1.82) is 0 Å². The molecule has 0 atom stereocenters. The molecule has 2 aromatic rings. The largest absolute Gasteiger partial charge is 0.297 e. The van der Waals surface area contributed by atoms with Crippen LogP contribution in [0.5, 0.6) is 0 Å². The maximum atomic E-state index is 4.31. The van der Waals surface area contributed by atoms with Crippen LogP contribution in [-0.4, -0.2) is 23.7 Å². The summed E-state index contributed by atoms with van der Waals surface area (Å²) in [6.45, 7) is 3.42. The fourth-order valence-corrected chi connectivity index (χ4v) is 4.01. The van der Waals surface area contributed by atoms with Crippen molar-refractivity contribution in [1.82, 2.24) is 4.90 Å². The Morgan fingerprint density at radius 3 is 3.06 bits per heavy atom. The molecule has 0 fully saturated rings. The first-order chi connectivity index (χ1) is 7.88. The maximum Gasteiger partial charge on any atom is 0.0349 e. The molecule has 16 heavy (non-hydrogen) atoms. The number of thiol groups is 1. The summed E-state index contributed by atoms with van der Waals surface area (Å²) in [5, 5.41) is 1.48. The standard InChI is InChI=1S/C13H15NS2/c15-8-7-14-6-5-11-10-3-1-2-4-12(10)16-13(11)9-14/h1-4,15H,5-9H2. The van der Waals surface area contributed by atoms with Gasteiger partial charge in [0.1, 0.15) is 0 Å². The Labute approximate surface area is 105 Å². The number of thiophene rings is 1. The third kappa shape index (κ3) is 1.77. The lowest BCUT2D eigenvalue weighted by Gasteiger charge is -2.26. The van der Waals surface area contributed by atoms with Crippen LogP contribution < -0.4 is 0 Å². The van der Waals surface area contributed by atoms with Crippen LogP contribution in [0.1, 0.15) is 10.4 Å². The molecule has 0 bridgehead atoms. The van der Waals surface area contributed by atoms with Gasteiger partial charge in [-0.3, -0.25) is 4.90 Å². The van der Waals surface area contributed by atoms with Gasteiger partial charge in [-0.05, 0) is 23.4 Å². The molecule has 1 aliphatic rings. The molecule has 0 amide bonds. The second kappa shape index (κ2) is 4.40. The average molecular weight is 249 g/mol. The molecule has 0 spiro atoms. The molecule has 3 rings (SSSR count). The van der Waals surface area contributed by atoms with Crippen molar-refractivity contribution in [3.8, 4) is 0 Å². The van der Waals surface area contributed by atoms with Gasteiger partial charge in [0.05, 0.1) is 0 Å². The van der Waals surface area contributed by atoms with Crippen LogP contribution in [0.3, 0.4) is 0 Å². The van der Waals surface area contributed by atoms with E-state index < -0.39 is 0 Å². The van der Waals surface area contributed by atoms with Crippen LogP contribution in [0.25, 0.3) is 10.1 Å². The first kappa shape index (κ1) is 10.6. The lowest BCUT2D eigenvalue weighted by atomic mass is 10.0. The zero-order valence-electron chi connectivity index (χ0n) is 9.15. The topological polar surface area (TPSA) is 3.24 Å². The molecule has 0 aliphatic carbocycles. The number of hydrogen-bond acceptors (Lipinski definition) is 3. The van der Waals surface area contributed by atoms with Gasteiger partial charge in [-0.25, -0.2) is 0 Å². The average Bonchev–Trinajstić information content (AvgIpc) is 2.67. The highest BCUT2D eigenvalue weighted by Gasteiger charge is 2.19. The molecule has 0 saturated carbocycles. The van der Waals surface area contributed by atoms with Gasteiger partial charge < -0.3 is 0 Å². The van der Waals surface area contributed by atoms with E-state index in [-0.39, 0.29) is 0 Å². The molecule has 0 unspecified atom stereocenters. The van der Waals surface area contributed by atoms with E-state index in [1.54, 1.807) is 10.4 Å². The van der Waals surface area contributed by atoms with Gasteiger partial charge >= 0.3 is 0 Å². The second-order valence-corrected chi connectivity index (χ2v) is 5.83. The molecule has 1 aromatic heterocycles. The summed E-state index contributed by atoms with van der Waals surface area (Å²) in [6, 6.07) is 8.78. The number of benzene rings is 1. The van der Waals surface area contributed by atoms with Crippen LogP contribution in [0, 0.1) is 0 Å². The van der Waals surface area contributed by atoms with Crippen LogP contribution in [0.15, 0.2) is 24.3 Å². The van der Waals surface area contributed by atoms with Gasteiger partial charge in [0.2, 0.25) is 0 Å². The Hall–Kier alpha value is -0.510.